The van der Waals surface area contributed by atoms with Crippen LogP contribution in [0.15, 0.2) is 0 Å². The van der Waals surface area contributed by atoms with Crippen molar-refractivity contribution in [2.45, 2.75) is 6.10 Å². The van der Waals surface area contributed by atoms with Crippen molar-refractivity contribution in [3.8, 4) is 0 Å². The summed E-state index contributed by atoms with van der Waals surface area (Å²) < 4.78 is 5.31. The van der Waals surface area contributed by atoms with Crippen LogP contribution < -0.4 is 5.32 Å². The molecule has 0 saturated carbocycles. The molecule has 2 saturated heterocycles. The number of hydrogen-bond donors (Lipinski definition) is 2. The second kappa shape index (κ2) is 3.72. The van der Waals surface area contributed by atoms with Gasteiger partial charge in [0.05, 0.1) is 19.3 Å². The molecule has 2 atom stereocenters. The predicted molar refractivity (Wildman–Crippen MR) is 43.9 cm³/mol. The first kappa shape index (κ1) is 9.26. The number of piperidine rings is 1. The smallest absolute Gasteiger partial charge is 0.0664 e. The lowest BCUT2D eigenvalue weighted by Crippen LogP contribution is -2.53. The van der Waals surface area contributed by atoms with Gasteiger partial charge in [-0.2, -0.15) is 0 Å². The first-order valence-corrected chi connectivity index (χ1v) is 3.84. The molecule has 0 amide bonds. The summed E-state index contributed by atoms with van der Waals surface area (Å²) in [6.45, 7) is 3.28. The quantitative estimate of drug-likeness (QED) is 0.534. The Bertz CT molecular complexity index is 112. The minimum absolute atomic E-state index is 0. The predicted octanol–water partition coefficient (Wildman–Crippen LogP) is -0.365. The number of ether oxygens (including phenoxy) is 1. The zero-order valence-corrected chi connectivity index (χ0v) is 7.14. The maximum absolute atomic E-state index is 9.57. The van der Waals surface area contributed by atoms with Crippen LogP contribution in [-0.2, 0) is 4.74 Å². The number of aliphatic hydroxyl groups is 1. The van der Waals surface area contributed by atoms with Crippen LogP contribution in [0.4, 0.5) is 0 Å². The van der Waals surface area contributed by atoms with Crippen molar-refractivity contribution >= 4 is 12.4 Å². The summed E-state index contributed by atoms with van der Waals surface area (Å²) in [4.78, 5) is 0. The van der Waals surface area contributed by atoms with Crippen molar-refractivity contribution in [1.82, 2.24) is 5.32 Å². The second-order valence-corrected chi connectivity index (χ2v) is 3.21. The van der Waals surface area contributed by atoms with E-state index in [-0.39, 0.29) is 18.5 Å². The Kier molecular flexibility index (Phi) is 3.13. The number of halogens is 1. The van der Waals surface area contributed by atoms with Crippen LogP contribution >= 0.6 is 12.4 Å². The Morgan fingerprint density at radius 1 is 1.18 bits per heavy atom. The van der Waals surface area contributed by atoms with Crippen molar-refractivity contribution < 1.29 is 9.84 Å². The molecule has 4 heteroatoms. The van der Waals surface area contributed by atoms with E-state index >= 15 is 0 Å². The molecule has 0 aromatic rings. The molecule has 66 valence electrons. The van der Waals surface area contributed by atoms with Gasteiger partial charge in [0, 0.05) is 24.9 Å². The maximum Gasteiger partial charge on any atom is 0.0664 e. The molecule has 0 aliphatic carbocycles. The fraction of sp³-hybridized carbons (Fsp3) is 1.00. The fourth-order valence-corrected chi connectivity index (χ4v) is 1.77. The van der Waals surface area contributed by atoms with E-state index in [0.29, 0.717) is 11.8 Å². The Hall–Kier alpha value is 0.170. The lowest BCUT2D eigenvalue weighted by molar-refractivity contribution is -0.0935. The number of rotatable bonds is 0. The third-order valence-electron chi connectivity index (χ3n) is 2.44. The Morgan fingerprint density at radius 2 is 1.73 bits per heavy atom. The number of aliphatic hydroxyl groups excluding tert-OH is 1. The largest absolute Gasteiger partial charge is 0.392 e. The average molecular weight is 180 g/mol. The van der Waals surface area contributed by atoms with Crippen molar-refractivity contribution in [3.63, 3.8) is 0 Å². The average Bonchev–Trinajstić information content (AvgIpc) is 1.86. The molecule has 2 fully saturated rings. The zero-order valence-electron chi connectivity index (χ0n) is 6.32. The SMILES string of the molecule is Cl.OC1C2CNCC1COC2. The minimum Gasteiger partial charge on any atom is -0.392 e. The summed E-state index contributed by atoms with van der Waals surface area (Å²) >= 11 is 0. The van der Waals surface area contributed by atoms with Gasteiger partial charge in [0.1, 0.15) is 0 Å². The van der Waals surface area contributed by atoms with E-state index in [0.717, 1.165) is 26.3 Å². The molecule has 0 aromatic heterocycles. The monoisotopic (exact) mass is 179 g/mol. The number of nitrogens with one attached hydrogen (secondary N) is 1. The van der Waals surface area contributed by atoms with E-state index in [1.807, 2.05) is 0 Å². The van der Waals surface area contributed by atoms with E-state index in [9.17, 15) is 5.11 Å². The highest BCUT2D eigenvalue weighted by atomic mass is 35.5. The molecular formula is C7H14ClNO2. The second-order valence-electron chi connectivity index (χ2n) is 3.21. The molecule has 11 heavy (non-hydrogen) atoms. The molecule has 2 heterocycles. The molecule has 0 aromatic carbocycles. The summed E-state index contributed by atoms with van der Waals surface area (Å²) in [5.41, 5.74) is 0. The lowest BCUT2D eigenvalue weighted by atomic mass is 9.86. The van der Waals surface area contributed by atoms with Crippen molar-refractivity contribution in [1.29, 1.82) is 0 Å². The summed E-state index contributed by atoms with van der Waals surface area (Å²) in [6, 6.07) is 0. The topological polar surface area (TPSA) is 41.5 Å². The number of hydrogen-bond acceptors (Lipinski definition) is 3. The summed E-state index contributed by atoms with van der Waals surface area (Å²) in [5, 5.41) is 12.8. The van der Waals surface area contributed by atoms with Crippen LogP contribution in [0.25, 0.3) is 0 Å². The van der Waals surface area contributed by atoms with Crippen LogP contribution in [-0.4, -0.2) is 37.5 Å². The van der Waals surface area contributed by atoms with Gasteiger partial charge in [-0.3, -0.25) is 0 Å². The first-order chi connectivity index (χ1) is 4.88. The van der Waals surface area contributed by atoms with Crippen LogP contribution in [0.1, 0.15) is 0 Å². The van der Waals surface area contributed by atoms with Crippen LogP contribution in [0.3, 0.4) is 0 Å². The maximum atomic E-state index is 9.57. The molecule has 0 radical (unpaired) electrons. The molecule has 2 aliphatic heterocycles. The molecule has 2 N–H and O–H groups in total. The van der Waals surface area contributed by atoms with Gasteiger partial charge < -0.3 is 15.2 Å². The van der Waals surface area contributed by atoms with Gasteiger partial charge in [-0.1, -0.05) is 0 Å². The van der Waals surface area contributed by atoms with Crippen LogP contribution in [0.2, 0.25) is 0 Å². The molecular weight excluding hydrogens is 166 g/mol. The standard InChI is InChI=1S/C7H13NO2.ClH/c9-7-5-1-8-2-6(7)4-10-3-5;/h5-9H,1-4H2;1H. The summed E-state index contributed by atoms with van der Waals surface area (Å²) in [6.07, 6.45) is -0.116. The van der Waals surface area contributed by atoms with Crippen LogP contribution in [0, 0.1) is 11.8 Å². The summed E-state index contributed by atoms with van der Waals surface area (Å²) in [5.74, 6) is 0.681. The van der Waals surface area contributed by atoms with Gasteiger partial charge in [-0.25, -0.2) is 0 Å². The highest BCUT2D eigenvalue weighted by Gasteiger charge is 2.35. The van der Waals surface area contributed by atoms with Crippen LogP contribution in [0.5, 0.6) is 0 Å². The van der Waals surface area contributed by atoms with Gasteiger partial charge in [0.25, 0.3) is 0 Å². The Labute approximate surface area is 72.5 Å². The van der Waals surface area contributed by atoms with Crippen molar-refractivity contribution in [2.75, 3.05) is 26.3 Å². The van der Waals surface area contributed by atoms with Gasteiger partial charge in [0.2, 0.25) is 0 Å². The molecule has 2 aliphatic rings. The highest BCUT2D eigenvalue weighted by molar-refractivity contribution is 5.85. The molecule has 2 bridgehead atoms. The zero-order chi connectivity index (χ0) is 6.97. The molecule has 0 spiro atoms. The van der Waals surface area contributed by atoms with Gasteiger partial charge in [0.15, 0.2) is 0 Å². The first-order valence-electron chi connectivity index (χ1n) is 3.84. The Morgan fingerprint density at radius 3 is 2.18 bits per heavy atom. The number of fused-ring (bicyclic) bond motifs is 2. The highest BCUT2D eigenvalue weighted by Crippen LogP contribution is 2.22. The Balaban J connectivity index is 0.000000605. The van der Waals surface area contributed by atoms with E-state index in [4.69, 9.17) is 4.74 Å². The van der Waals surface area contributed by atoms with Crippen molar-refractivity contribution in [2.24, 2.45) is 11.8 Å². The molecule has 2 unspecified atom stereocenters. The van der Waals surface area contributed by atoms with Gasteiger partial charge >= 0.3 is 0 Å². The summed E-state index contributed by atoms with van der Waals surface area (Å²) in [7, 11) is 0. The van der Waals surface area contributed by atoms with Crippen molar-refractivity contribution in [3.05, 3.63) is 0 Å². The molecule has 3 nitrogen and oxygen atoms in total. The fourth-order valence-electron chi connectivity index (χ4n) is 1.77. The lowest BCUT2D eigenvalue weighted by Gasteiger charge is -2.39. The van der Waals surface area contributed by atoms with E-state index in [1.165, 1.54) is 0 Å². The van der Waals surface area contributed by atoms with E-state index < -0.39 is 0 Å². The normalized spacial score (nSPS) is 42.8. The van der Waals surface area contributed by atoms with E-state index in [2.05, 4.69) is 5.32 Å². The van der Waals surface area contributed by atoms with Gasteiger partial charge in [-0.05, 0) is 0 Å². The van der Waals surface area contributed by atoms with Gasteiger partial charge in [-0.15, -0.1) is 12.4 Å². The van der Waals surface area contributed by atoms with E-state index in [1.54, 1.807) is 0 Å². The third kappa shape index (κ3) is 1.67. The minimum atomic E-state index is -0.116. The molecule has 2 rings (SSSR count). The third-order valence-corrected chi connectivity index (χ3v) is 2.44.